The second kappa shape index (κ2) is 6.15. The number of hydrogen-bond acceptors (Lipinski definition) is 4. The highest BCUT2D eigenvalue weighted by Gasteiger charge is 2.39. The van der Waals surface area contributed by atoms with Crippen LogP contribution in [0.2, 0.25) is 0 Å². The van der Waals surface area contributed by atoms with E-state index < -0.39 is 6.04 Å². The number of nitrogens with one attached hydrogen (secondary N) is 1. The molecule has 0 radical (unpaired) electrons. The number of hydrogen-bond donors (Lipinski definition) is 2. The first kappa shape index (κ1) is 14.7. The summed E-state index contributed by atoms with van der Waals surface area (Å²) >= 11 is 0. The Morgan fingerprint density at radius 2 is 1.95 bits per heavy atom. The lowest BCUT2D eigenvalue weighted by atomic mass is 10.0. The molecule has 20 heavy (non-hydrogen) atoms. The summed E-state index contributed by atoms with van der Waals surface area (Å²) in [4.78, 5) is 25.4. The normalized spacial score (nSPS) is 19.2. The van der Waals surface area contributed by atoms with Crippen LogP contribution < -0.4 is 10.2 Å². The second-order valence-electron chi connectivity index (χ2n) is 5.25. The Hall–Kier alpha value is -1.72. The highest BCUT2D eigenvalue weighted by molar-refractivity contribution is 6.22. The van der Waals surface area contributed by atoms with Gasteiger partial charge in [0.05, 0.1) is 24.8 Å². The van der Waals surface area contributed by atoms with Gasteiger partial charge < -0.3 is 10.4 Å². The zero-order valence-electron chi connectivity index (χ0n) is 11.8. The largest absolute Gasteiger partial charge is 0.395 e. The van der Waals surface area contributed by atoms with Crippen molar-refractivity contribution in [2.24, 2.45) is 0 Å². The fourth-order valence-corrected chi connectivity index (χ4v) is 2.31. The van der Waals surface area contributed by atoms with E-state index in [1.807, 2.05) is 12.1 Å². The smallest absolute Gasteiger partial charge is 0.251 e. The fourth-order valence-electron chi connectivity index (χ4n) is 2.31. The van der Waals surface area contributed by atoms with Gasteiger partial charge in [0.1, 0.15) is 0 Å². The van der Waals surface area contributed by atoms with Gasteiger partial charge in [0.2, 0.25) is 5.91 Å². The van der Waals surface area contributed by atoms with Crippen LogP contribution in [0.15, 0.2) is 24.3 Å². The third-order valence-corrected chi connectivity index (χ3v) is 3.47. The van der Waals surface area contributed by atoms with E-state index in [2.05, 4.69) is 19.2 Å². The van der Waals surface area contributed by atoms with Crippen LogP contribution in [0.1, 0.15) is 31.7 Å². The van der Waals surface area contributed by atoms with Crippen LogP contribution in [-0.2, 0) is 9.59 Å². The minimum atomic E-state index is -0.528. The number of carbonyl (C=O) groups excluding carboxylic acids is 2. The van der Waals surface area contributed by atoms with Crippen molar-refractivity contribution in [3.05, 3.63) is 29.8 Å². The summed E-state index contributed by atoms with van der Waals surface area (Å²) in [5.41, 5.74) is 1.78. The zero-order valence-corrected chi connectivity index (χ0v) is 11.8. The molecule has 0 aliphatic carbocycles. The van der Waals surface area contributed by atoms with Crippen molar-refractivity contribution in [3.8, 4) is 0 Å². The first-order valence-corrected chi connectivity index (χ1v) is 6.85. The molecule has 5 heteroatoms. The Bertz CT molecular complexity index is 496. The third-order valence-electron chi connectivity index (χ3n) is 3.47. The predicted octanol–water partition coefficient (Wildman–Crippen LogP) is 1.02. The highest BCUT2D eigenvalue weighted by Crippen LogP contribution is 2.25. The van der Waals surface area contributed by atoms with Crippen molar-refractivity contribution < 1.29 is 14.7 Å². The van der Waals surface area contributed by atoms with Gasteiger partial charge in [-0.25, -0.2) is 4.90 Å². The van der Waals surface area contributed by atoms with Gasteiger partial charge >= 0.3 is 0 Å². The Morgan fingerprint density at radius 3 is 2.50 bits per heavy atom. The van der Waals surface area contributed by atoms with Gasteiger partial charge in [-0.15, -0.1) is 0 Å². The predicted molar refractivity (Wildman–Crippen MR) is 76.5 cm³/mol. The molecular weight excluding hydrogens is 256 g/mol. The van der Waals surface area contributed by atoms with Crippen molar-refractivity contribution >= 4 is 17.5 Å². The molecule has 1 aliphatic rings. The number of benzene rings is 1. The summed E-state index contributed by atoms with van der Waals surface area (Å²) in [7, 11) is 0. The van der Waals surface area contributed by atoms with E-state index in [0.29, 0.717) is 18.2 Å². The molecule has 2 N–H and O–H groups in total. The van der Waals surface area contributed by atoms with Crippen LogP contribution in [-0.4, -0.2) is 36.1 Å². The van der Waals surface area contributed by atoms with Gasteiger partial charge in [-0.2, -0.15) is 0 Å². The van der Waals surface area contributed by atoms with Crippen LogP contribution in [0.4, 0.5) is 5.69 Å². The lowest BCUT2D eigenvalue weighted by molar-refractivity contribution is -0.121. The molecule has 1 aliphatic heterocycles. The van der Waals surface area contributed by atoms with Crippen LogP contribution in [0.25, 0.3) is 0 Å². The molecule has 0 spiro atoms. The van der Waals surface area contributed by atoms with Crippen molar-refractivity contribution in [3.63, 3.8) is 0 Å². The van der Waals surface area contributed by atoms with E-state index in [4.69, 9.17) is 5.11 Å². The number of imide groups is 1. The summed E-state index contributed by atoms with van der Waals surface area (Å²) in [6, 6.07) is 6.96. The molecule has 0 aromatic heterocycles. The quantitative estimate of drug-likeness (QED) is 0.788. The number of aliphatic hydroxyl groups is 1. The summed E-state index contributed by atoms with van der Waals surface area (Å²) in [5, 5.41) is 11.7. The number of rotatable bonds is 5. The summed E-state index contributed by atoms with van der Waals surface area (Å²) in [5.74, 6) is -0.0449. The molecule has 1 heterocycles. The molecule has 2 rings (SSSR count). The molecule has 1 atom stereocenters. The van der Waals surface area contributed by atoms with Crippen molar-refractivity contribution in [1.82, 2.24) is 5.32 Å². The first-order valence-electron chi connectivity index (χ1n) is 6.85. The second-order valence-corrected chi connectivity index (χ2v) is 5.25. The average Bonchev–Trinajstić information content (AvgIpc) is 2.71. The molecule has 1 saturated heterocycles. The van der Waals surface area contributed by atoms with Crippen molar-refractivity contribution in [2.45, 2.75) is 32.2 Å². The van der Waals surface area contributed by atoms with Gasteiger partial charge in [0, 0.05) is 6.54 Å². The van der Waals surface area contributed by atoms with E-state index in [0.717, 1.165) is 0 Å². The standard InChI is InChI=1S/C15H20N2O3/c1-10(2)11-3-5-12(6-4-11)17-14(19)9-13(15(17)20)16-7-8-18/h3-6,10,13,16,18H,7-9H2,1-2H3/t13-/m1/s1. The maximum absolute atomic E-state index is 12.2. The Balaban J connectivity index is 2.15. The molecule has 0 saturated carbocycles. The van der Waals surface area contributed by atoms with E-state index in [1.165, 1.54) is 10.5 Å². The lowest BCUT2D eigenvalue weighted by Crippen LogP contribution is -2.39. The van der Waals surface area contributed by atoms with E-state index in [-0.39, 0.29) is 24.8 Å². The SMILES string of the molecule is CC(C)c1ccc(N2C(=O)C[C@@H](NCCO)C2=O)cc1. The number of carbonyl (C=O) groups is 2. The highest BCUT2D eigenvalue weighted by atomic mass is 16.3. The summed E-state index contributed by atoms with van der Waals surface area (Å²) < 4.78 is 0. The van der Waals surface area contributed by atoms with Gasteiger partial charge in [0.25, 0.3) is 5.91 Å². The van der Waals surface area contributed by atoms with E-state index in [1.54, 1.807) is 12.1 Å². The molecular formula is C15H20N2O3. The molecule has 0 unspecified atom stereocenters. The number of anilines is 1. The van der Waals surface area contributed by atoms with E-state index >= 15 is 0 Å². The maximum Gasteiger partial charge on any atom is 0.251 e. The summed E-state index contributed by atoms with van der Waals surface area (Å²) in [6.45, 7) is 4.44. The molecule has 1 aromatic carbocycles. The molecule has 0 bridgehead atoms. The minimum absolute atomic E-state index is 0.0545. The molecule has 2 amide bonds. The van der Waals surface area contributed by atoms with Crippen molar-refractivity contribution in [2.75, 3.05) is 18.1 Å². The minimum Gasteiger partial charge on any atom is -0.395 e. The fraction of sp³-hybridized carbons (Fsp3) is 0.467. The Kier molecular flexibility index (Phi) is 4.52. The molecule has 1 aromatic rings. The topological polar surface area (TPSA) is 69.6 Å². The van der Waals surface area contributed by atoms with Crippen LogP contribution in [0, 0.1) is 0 Å². The van der Waals surface area contributed by atoms with Gasteiger partial charge in [-0.1, -0.05) is 26.0 Å². The van der Waals surface area contributed by atoms with Gasteiger partial charge in [0.15, 0.2) is 0 Å². The number of amides is 2. The van der Waals surface area contributed by atoms with Crippen LogP contribution in [0.3, 0.4) is 0 Å². The summed E-state index contributed by atoms with van der Waals surface area (Å²) in [6.07, 6.45) is 0.144. The number of nitrogens with zero attached hydrogens (tertiary/aromatic N) is 1. The number of aliphatic hydroxyl groups excluding tert-OH is 1. The molecule has 1 fully saturated rings. The Morgan fingerprint density at radius 1 is 1.30 bits per heavy atom. The zero-order chi connectivity index (χ0) is 14.7. The Labute approximate surface area is 118 Å². The van der Waals surface area contributed by atoms with Crippen LogP contribution >= 0.6 is 0 Å². The third kappa shape index (κ3) is 2.89. The van der Waals surface area contributed by atoms with Crippen molar-refractivity contribution in [1.29, 1.82) is 0 Å². The molecule has 5 nitrogen and oxygen atoms in total. The first-order chi connectivity index (χ1) is 9.54. The van der Waals surface area contributed by atoms with Gasteiger partial charge in [-0.3, -0.25) is 9.59 Å². The molecule has 108 valence electrons. The van der Waals surface area contributed by atoms with E-state index in [9.17, 15) is 9.59 Å². The average molecular weight is 276 g/mol. The van der Waals surface area contributed by atoms with Crippen LogP contribution in [0.5, 0.6) is 0 Å². The maximum atomic E-state index is 12.2. The van der Waals surface area contributed by atoms with Gasteiger partial charge in [-0.05, 0) is 23.6 Å². The lowest BCUT2D eigenvalue weighted by Gasteiger charge is -2.16. The monoisotopic (exact) mass is 276 g/mol.